The van der Waals surface area contributed by atoms with E-state index in [0.29, 0.717) is 12.1 Å². The number of anilines is 4. The molecule has 0 N–H and O–H groups in total. The fraction of sp³-hybridized carbons (Fsp3) is 0.207. The number of nitrogens with zero attached hydrogens (tertiary/aromatic N) is 2. The van der Waals surface area contributed by atoms with Crippen molar-refractivity contribution in [3.05, 3.63) is 192 Å². The Labute approximate surface area is 356 Å². The van der Waals surface area contributed by atoms with E-state index in [9.17, 15) is 0 Å². The highest BCUT2D eigenvalue weighted by atomic mass is 15.2. The summed E-state index contributed by atoms with van der Waals surface area (Å²) in [4.78, 5) is 5.04. The second-order valence-corrected chi connectivity index (χ2v) is 18.2. The van der Waals surface area contributed by atoms with Gasteiger partial charge >= 0.3 is 0 Å². The molecule has 0 aromatic heterocycles. The van der Waals surface area contributed by atoms with Crippen LogP contribution in [0.3, 0.4) is 0 Å². The van der Waals surface area contributed by atoms with E-state index in [1.807, 2.05) is 0 Å². The van der Waals surface area contributed by atoms with Gasteiger partial charge < -0.3 is 9.80 Å². The molecule has 2 unspecified atom stereocenters. The van der Waals surface area contributed by atoms with Crippen LogP contribution in [0.2, 0.25) is 0 Å². The van der Waals surface area contributed by atoms with Crippen molar-refractivity contribution in [2.75, 3.05) is 9.80 Å². The number of aryl methyl sites for hydroxylation is 2. The van der Waals surface area contributed by atoms with Crippen LogP contribution < -0.4 is 9.80 Å². The van der Waals surface area contributed by atoms with E-state index < -0.39 is 0 Å². The molecule has 2 aliphatic rings. The molecular formula is C58H54N2. The highest BCUT2D eigenvalue weighted by Gasteiger charge is 2.26. The summed E-state index contributed by atoms with van der Waals surface area (Å²) >= 11 is 0. The molecule has 2 nitrogen and oxygen atoms in total. The molecule has 8 aromatic rings. The molecule has 0 amide bonds. The zero-order valence-corrected chi connectivity index (χ0v) is 35.6. The van der Waals surface area contributed by atoms with Gasteiger partial charge in [0.15, 0.2) is 0 Å². The summed E-state index contributed by atoms with van der Waals surface area (Å²) in [6.45, 7) is 11.7. The second kappa shape index (κ2) is 15.3. The lowest BCUT2D eigenvalue weighted by molar-refractivity contribution is 0.592. The molecule has 0 bridgehead atoms. The molecule has 10 rings (SSSR count). The first-order chi connectivity index (χ1) is 29.2. The number of para-hydroxylation sites is 2. The Kier molecular flexibility index (Phi) is 9.68. The fourth-order valence-electron chi connectivity index (χ4n) is 9.96. The minimum absolute atomic E-state index is 0.0225. The van der Waals surface area contributed by atoms with Gasteiger partial charge in [0.2, 0.25) is 0 Å². The number of rotatable bonds is 6. The molecule has 0 spiro atoms. The Hall–Kier alpha value is -6.38. The lowest BCUT2D eigenvalue weighted by Crippen LogP contribution is -2.33. The SMILES string of the molecule is CC1CCc2ccccc2N1c1ccc(-c2ccc(/C=C/c3ccc(-c4ccc5cc(N6c7ccccc7CCC6C)ccc5c4)c4ccccc34)cc2C(C)(C)C)cc1. The summed E-state index contributed by atoms with van der Waals surface area (Å²) in [6, 6.07) is 62.3. The molecule has 60 heavy (non-hydrogen) atoms. The maximum absolute atomic E-state index is 2.53. The monoisotopic (exact) mass is 778 g/mol. The van der Waals surface area contributed by atoms with Crippen molar-refractivity contribution in [1.82, 2.24) is 0 Å². The maximum Gasteiger partial charge on any atom is 0.0445 e. The number of fused-ring (bicyclic) bond motifs is 4. The van der Waals surface area contributed by atoms with Crippen LogP contribution in [-0.4, -0.2) is 12.1 Å². The van der Waals surface area contributed by atoms with Crippen molar-refractivity contribution in [2.45, 2.75) is 77.8 Å². The molecule has 0 saturated heterocycles. The molecule has 2 atom stereocenters. The van der Waals surface area contributed by atoms with Crippen LogP contribution in [0.5, 0.6) is 0 Å². The van der Waals surface area contributed by atoms with Crippen molar-refractivity contribution in [3.8, 4) is 22.3 Å². The molecule has 0 fully saturated rings. The first kappa shape index (κ1) is 37.9. The molecule has 8 aromatic carbocycles. The molecule has 2 aliphatic heterocycles. The first-order valence-corrected chi connectivity index (χ1v) is 21.9. The average molecular weight is 779 g/mol. The Morgan fingerprint density at radius 2 is 1.05 bits per heavy atom. The van der Waals surface area contributed by atoms with Crippen LogP contribution in [0, 0.1) is 0 Å². The van der Waals surface area contributed by atoms with Crippen LogP contribution in [0.15, 0.2) is 164 Å². The number of hydrogen-bond acceptors (Lipinski definition) is 2. The lowest BCUT2D eigenvalue weighted by atomic mass is 9.81. The van der Waals surface area contributed by atoms with Crippen LogP contribution >= 0.6 is 0 Å². The normalized spacial score (nSPS) is 16.7. The van der Waals surface area contributed by atoms with Crippen LogP contribution in [-0.2, 0) is 18.3 Å². The molecule has 296 valence electrons. The molecule has 2 heteroatoms. The van der Waals surface area contributed by atoms with Gasteiger partial charge in [0.05, 0.1) is 0 Å². The second-order valence-electron chi connectivity index (χ2n) is 18.2. The van der Waals surface area contributed by atoms with E-state index in [-0.39, 0.29) is 5.41 Å². The quantitative estimate of drug-likeness (QED) is 0.155. The van der Waals surface area contributed by atoms with Gasteiger partial charge in [0.25, 0.3) is 0 Å². The summed E-state index contributed by atoms with van der Waals surface area (Å²) in [5.74, 6) is 0. The topological polar surface area (TPSA) is 6.48 Å². The third-order valence-corrected chi connectivity index (χ3v) is 13.2. The third kappa shape index (κ3) is 6.98. The summed E-state index contributed by atoms with van der Waals surface area (Å²) in [6.07, 6.45) is 9.20. The lowest BCUT2D eigenvalue weighted by Gasteiger charge is -2.37. The van der Waals surface area contributed by atoms with Crippen molar-refractivity contribution >= 4 is 56.4 Å². The Bertz CT molecular complexity index is 2910. The van der Waals surface area contributed by atoms with Gasteiger partial charge in [-0.25, -0.2) is 0 Å². The predicted octanol–water partition coefficient (Wildman–Crippen LogP) is 15.7. The smallest absolute Gasteiger partial charge is 0.0445 e. The van der Waals surface area contributed by atoms with Gasteiger partial charge in [0.1, 0.15) is 0 Å². The van der Waals surface area contributed by atoms with Gasteiger partial charge in [-0.2, -0.15) is 0 Å². The Balaban J connectivity index is 0.931. The predicted molar refractivity (Wildman–Crippen MR) is 259 cm³/mol. The van der Waals surface area contributed by atoms with Crippen LogP contribution in [0.25, 0.3) is 56.0 Å². The van der Waals surface area contributed by atoms with E-state index in [1.54, 1.807) is 0 Å². The zero-order valence-electron chi connectivity index (χ0n) is 35.6. The zero-order chi connectivity index (χ0) is 41.0. The molecule has 2 heterocycles. The van der Waals surface area contributed by atoms with Gasteiger partial charge in [-0.1, -0.05) is 154 Å². The summed E-state index contributed by atoms with van der Waals surface area (Å²) in [7, 11) is 0. The van der Waals surface area contributed by atoms with E-state index in [0.717, 1.165) is 12.8 Å². The van der Waals surface area contributed by atoms with Gasteiger partial charge in [0, 0.05) is 34.8 Å². The standard InChI is InChI=1S/C58H54N2/c1-39-18-22-44-12-6-10-16-56(44)59(39)49-31-27-43(28-32-49)53-34-21-41(36-55(53)58(3,4)5)20-24-42-30-35-52(54-15-9-8-14-51(42)54)48-26-25-47-38-50(33-29-46(47)37-48)60-40(2)19-23-45-13-7-11-17-57(45)60/h6-17,20-21,24-40H,18-19,22-23H2,1-5H3/b24-20+. The van der Waals surface area contributed by atoms with E-state index in [1.165, 1.54) is 107 Å². The molecule has 0 radical (unpaired) electrons. The summed E-state index contributed by atoms with van der Waals surface area (Å²) < 4.78 is 0. The first-order valence-electron chi connectivity index (χ1n) is 21.9. The Morgan fingerprint density at radius 3 is 1.75 bits per heavy atom. The van der Waals surface area contributed by atoms with E-state index in [2.05, 4.69) is 220 Å². The number of hydrogen-bond donors (Lipinski definition) is 0. The van der Waals surface area contributed by atoms with Gasteiger partial charge in [-0.05, 0) is 159 Å². The van der Waals surface area contributed by atoms with Crippen molar-refractivity contribution in [3.63, 3.8) is 0 Å². The van der Waals surface area contributed by atoms with Crippen molar-refractivity contribution in [2.24, 2.45) is 0 Å². The highest BCUT2D eigenvalue weighted by molar-refractivity contribution is 6.03. The van der Waals surface area contributed by atoms with Gasteiger partial charge in [-0.3, -0.25) is 0 Å². The summed E-state index contributed by atoms with van der Waals surface area (Å²) in [5, 5.41) is 5.06. The molecular weight excluding hydrogens is 725 g/mol. The maximum atomic E-state index is 2.53. The minimum Gasteiger partial charge on any atom is -0.338 e. The molecule has 0 saturated carbocycles. The minimum atomic E-state index is -0.0225. The number of benzene rings is 8. The van der Waals surface area contributed by atoms with Crippen LogP contribution in [0.1, 0.15) is 75.3 Å². The third-order valence-electron chi connectivity index (χ3n) is 13.2. The highest BCUT2D eigenvalue weighted by Crippen LogP contribution is 2.41. The largest absolute Gasteiger partial charge is 0.338 e. The van der Waals surface area contributed by atoms with Crippen molar-refractivity contribution < 1.29 is 0 Å². The van der Waals surface area contributed by atoms with Crippen LogP contribution in [0.4, 0.5) is 22.7 Å². The van der Waals surface area contributed by atoms with Gasteiger partial charge in [-0.15, -0.1) is 0 Å². The summed E-state index contributed by atoms with van der Waals surface area (Å²) in [5.41, 5.74) is 16.9. The van der Waals surface area contributed by atoms with E-state index >= 15 is 0 Å². The molecule has 0 aliphatic carbocycles. The van der Waals surface area contributed by atoms with E-state index in [4.69, 9.17) is 0 Å². The fourth-order valence-corrected chi connectivity index (χ4v) is 9.96. The Morgan fingerprint density at radius 1 is 0.483 bits per heavy atom. The van der Waals surface area contributed by atoms with Crippen molar-refractivity contribution in [1.29, 1.82) is 0 Å². The average Bonchev–Trinajstić information content (AvgIpc) is 3.27.